The fourth-order valence-corrected chi connectivity index (χ4v) is 3.47. The number of benzene rings is 2. The molecule has 5 heteroatoms. The van der Waals surface area contributed by atoms with E-state index in [0.29, 0.717) is 21.9 Å². The van der Waals surface area contributed by atoms with Crippen LogP contribution in [0.2, 0.25) is 0 Å². The van der Waals surface area contributed by atoms with Crippen molar-refractivity contribution in [1.29, 1.82) is 5.26 Å². The number of pyridine rings is 1. The molecule has 0 fully saturated rings. The summed E-state index contributed by atoms with van der Waals surface area (Å²) in [5.41, 5.74) is 3.15. The zero-order valence-electron chi connectivity index (χ0n) is 14.7. The third-order valence-electron chi connectivity index (χ3n) is 4.12. The van der Waals surface area contributed by atoms with Gasteiger partial charge in [0.05, 0.1) is 23.9 Å². The first-order valence-corrected chi connectivity index (χ1v) is 9.27. The molecule has 2 aromatic carbocycles. The van der Waals surface area contributed by atoms with Crippen LogP contribution >= 0.6 is 11.8 Å². The molecule has 1 aromatic heterocycles. The lowest BCUT2D eigenvalue weighted by atomic mass is 10.1. The van der Waals surface area contributed by atoms with Crippen molar-refractivity contribution in [3.63, 3.8) is 0 Å². The van der Waals surface area contributed by atoms with Crippen LogP contribution in [0.25, 0.3) is 10.9 Å². The van der Waals surface area contributed by atoms with Gasteiger partial charge in [-0.15, -0.1) is 0 Å². The van der Waals surface area contributed by atoms with Gasteiger partial charge < -0.3 is 4.74 Å². The summed E-state index contributed by atoms with van der Waals surface area (Å²) in [4.78, 5) is 17.0. The fourth-order valence-electron chi connectivity index (χ4n) is 2.61. The van der Waals surface area contributed by atoms with Gasteiger partial charge in [-0.3, -0.25) is 4.79 Å². The summed E-state index contributed by atoms with van der Waals surface area (Å²) in [6.07, 6.45) is 0.935. The van der Waals surface area contributed by atoms with Crippen molar-refractivity contribution in [2.24, 2.45) is 0 Å². The lowest BCUT2D eigenvalue weighted by molar-refractivity contribution is 0.102. The molecule has 0 N–H and O–H groups in total. The number of rotatable bonds is 6. The molecule has 3 aromatic rings. The Labute approximate surface area is 156 Å². The van der Waals surface area contributed by atoms with Gasteiger partial charge in [0, 0.05) is 10.9 Å². The van der Waals surface area contributed by atoms with Gasteiger partial charge in [-0.2, -0.15) is 5.26 Å². The number of hydrogen-bond acceptors (Lipinski definition) is 5. The maximum absolute atomic E-state index is 12.4. The number of nitriles is 1. The summed E-state index contributed by atoms with van der Waals surface area (Å²) in [7, 11) is 1.59. The first kappa shape index (κ1) is 18.0. The summed E-state index contributed by atoms with van der Waals surface area (Å²) in [5, 5.41) is 11.0. The number of thioether (sulfide) groups is 1. The SMILES string of the molecule is CCc1ccc2nc(SCC(=O)c3ccc(OC)cc3)c(C#N)cc2c1. The Bertz CT molecular complexity index is 991. The first-order valence-electron chi connectivity index (χ1n) is 8.28. The number of nitrogens with zero attached hydrogens (tertiary/aromatic N) is 2. The Hall–Kier alpha value is -2.84. The molecule has 26 heavy (non-hydrogen) atoms. The molecule has 0 aliphatic rings. The molecule has 0 atom stereocenters. The van der Waals surface area contributed by atoms with Crippen LogP contribution in [0.4, 0.5) is 0 Å². The number of aromatic nitrogens is 1. The van der Waals surface area contributed by atoms with Gasteiger partial charge in [0.1, 0.15) is 16.8 Å². The van der Waals surface area contributed by atoms with Crippen LogP contribution in [0.3, 0.4) is 0 Å². The number of fused-ring (bicyclic) bond motifs is 1. The van der Waals surface area contributed by atoms with Crippen molar-refractivity contribution in [2.75, 3.05) is 12.9 Å². The van der Waals surface area contributed by atoms with Crippen LogP contribution in [0, 0.1) is 11.3 Å². The minimum absolute atomic E-state index is 0.00947. The molecule has 0 saturated carbocycles. The second kappa shape index (κ2) is 8.03. The molecular formula is C21H18N2O2S. The topological polar surface area (TPSA) is 63.0 Å². The van der Waals surface area contributed by atoms with Crippen LogP contribution in [0.15, 0.2) is 53.6 Å². The van der Waals surface area contributed by atoms with Gasteiger partial charge in [-0.1, -0.05) is 24.8 Å². The van der Waals surface area contributed by atoms with E-state index in [4.69, 9.17) is 4.74 Å². The van der Waals surface area contributed by atoms with E-state index in [-0.39, 0.29) is 11.5 Å². The highest BCUT2D eigenvalue weighted by Crippen LogP contribution is 2.26. The predicted octanol–water partition coefficient (Wildman–Crippen LogP) is 4.65. The number of hydrogen-bond donors (Lipinski definition) is 0. The predicted molar refractivity (Wildman–Crippen MR) is 104 cm³/mol. The van der Waals surface area contributed by atoms with Crippen LogP contribution in [0.1, 0.15) is 28.4 Å². The Kier molecular flexibility index (Phi) is 5.55. The number of ether oxygens (including phenoxy) is 1. The molecule has 0 bridgehead atoms. The van der Waals surface area contributed by atoms with Crippen LogP contribution in [-0.2, 0) is 6.42 Å². The number of carbonyl (C=O) groups is 1. The molecule has 0 aliphatic carbocycles. The molecular weight excluding hydrogens is 344 g/mol. The lowest BCUT2D eigenvalue weighted by Crippen LogP contribution is -2.03. The normalized spacial score (nSPS) is 10.5. The molecule has 0 radical (unpaired) electrons. The Morgan fingerprint density at radius 3 is 2.62 bits per heavy atom. The summed E-state index contributed by atoms with van der Waals surface area (Å²) >= 11 is 1.29. The fraction of sp³-hybridized carbons (Fsp3) is 0.190. The molecule has 0 aliphatic heterocycles. The van der Waals surface area contributed by atoms with Crippen molar-refractivity contribution in [2.45, 2.75) is 18.4 Å². The Morgan fingerprint density at radius 1 is 1.19 bits per heavy atom. The third-order valence-corrected chi connectivity index (χ3v) is 5.12. The highest BCUT2D eigenvalue weighted by atomic mass is 32.2. The van der Waals surface area contributed by atoms with E-state index in [9.17, 15) is 10.1 Å². The van der Waals surface area contributed by atoms with E-state index in [1.54, 1.807) is 31.4 Å². The van der Waals surface area contributed by atoms with Crippen LogP contribution in [-0.4, -0.2) is 23.6 Å². The number of ketones is 1. The molecule has 4 nitrogen and oxygen atoms in total. The van der Waals surface area contributed by atoms with Crippen molar-refractivity contribution in [1.82, 2.24) is 4.98 Å². The standard InChI is InChI=1S/C21H18N2O2S/c1-3-14-4-9-19-16(10-14)11-17(12-22)21(23-19)26-13-20(24)15-5-7-18(25-2)8-6-15/h4-11H,3,13H2,1-2H3. The van der Waals surface area contributed by atoms with E-state index >= 15 is 0 Å². The van der Waals surface area contributed by atoms with Crippen molar-refractivity contribution in [3.05, 3.63) is 65.2 Å². The van der Waals surface area contributed by atoms with Gasteiger partial charge in [-0.25, -0.2) is 4.98 Å². The van der Waals surface area contributed by atoms with Crippen LogP contribution < -0.4 is 4.74 Å². The van der Waals surface area contributed by atoms with E-state index in [1.165, 1.54) is 17.3 Å². The Balaban J connectivity index is 1.81. The average molecular weight is 362 g/mol. The number of Topliss-reactive ketones (excluding diaryl/α,β-unsaturated/α-hetero) is 1. The molecule has 0 unspecified atom stereocenters. The van der Waals surface area contributed by atoms with Crippen molar-refractivity contribution in [3.8, 4) is 11.8 Å². The molecule has 130 valence electrons. The zero-order valence-corrected chi connectivity index (χ0v) is 15.5. The maximum Gasteiger partial charge on any atom is 0.173 e. The second-order valence-corrected chi connectivity index (χ2v) is 6.74. The van der Waals surface area contributed by atoms with Gasteiger partial charge >= 0.3 is 0 Å². The van der Waals surface area contributed by atoms with E-state index in [0.717, 1.165) is 17.3 Å². The smallest absolute Gasteiger partial charge is 0.173 e. The molecule has 0 spiro atoms. The molecule has 1 heterocycles. The quantitative estimate of drug-likeness (QED) is 0.472. The highest BCUT2D eigenvalue weighted by molar-refractivity contribution is 8.00. The van der Waals surface area contributed by atoms with Gasteiger partial charge in [0.25, 0.3) is 0 Å². The van der Waals surface area contributed by atoms with Crippen molar-refractivity contribution >= 4 is 28.4 Å². The summed E-state index contributed by atoms with van der Waals surface area (Å²) in [5.74, 6) is 0.931. The molecule has 0 saturated heterocycles. The second-order valence-electron chi connectivity index (χ2n) is 5.77. The summed E-state index contributed by atoms with van der Waals surface area (Å²) < 4.78 is 5.10. The third kappa shape index (κ3) is 3.87. The van der Waals surface area contributed by atoms with E-state index in [2.05, 4.69) is 24.0 Å². The number of carbonyl (C=O) groups excluding carboxylic acids is 1. The van der Waals surface area contributed by atoms with E-state index < -0.39 is 0 Å². The summed E-state index contributed by atoms with van der Waals surface area (Å²) in [6, 6.07) is 17.1. The largest absolute Gasteiger partial charge is 0.497 e. The number of methoxy groups -OCH3 is 1. The minimum atomic E-state index is -0.00947. The zero-order chi connectivity index (χ0) is 18.5. The van der Waals surface area contributed by atoms with E-state index in [1.807, 2.05) is 18.2 Å². The summed E-state index contributed by atoms with van der Waals surface area (Å²) in [6.45, 7) is 2.09. The van der Waals surface area contributed by atoms with Gasteiger partial charge in [0.2, 0.25) is 0 Å². The molecule has 0 amide bonds. The Morgan fingerprint density at radius 2 is 1.96 bits per heavy atom. The number of aryl methyl sites for hydroxylation is 1. The molecule has 3 rings (SSSR count). The first-order chi connectivity index (χ1) is 12.6. The monoisotopic (exact) mass is 362 g/mol. The van der Waals surface area contributed by atoms with Gasteiger partial charge in [0.15, 0.2) is 5.78 Å². The lowest BCUT2D eigenvalue weighted by Gasteiger charge is -2.07. The van der Waals surface area contributed by atoms with Crippen molar-refractivity contribution < 1.29 is 9.53 Å². The minimum Gasteiger partial charge on any atom is -0.497 e. The maximum atomic E-state index is 12.4. The van der Waals surface area contributed by atoms with Crippen LogP contribution in [0.5, 0.6) is 5.75 Å². The van der Waals surface area contributed by atoms with Gasteiger partial charge in [-0.05, 0) is 54.4 Å². The highest BCUT2D eigenvalue weighted by Gasteiger charge is 2.12. The average Bonchev–Trinajstić information content (AvgIpc) is 2.70.